The summed E-state index contributed by atoms with van der Waals surface area (Å²) in [6, 6.07) is 17.1. The predicted octanol–water partition coefficient (Wildman–Crippen LogP) is 4.17. The molecule has 32 heavy (non-hydrogen) atoms. The SMILES string of the molecule is CC(=O)Nc1ccc(CN[C@H]2CC[C@@H](Nc3nc(N(C)C)c4ccccc4n3)CC2)cc1. The summed E-state index contributed by atoms with van der Waals surface area (Å²) in [5, 5.41) is 11.1. The Balaban J connectivity index is 1.29. The van der Waals surface area contributed by atoms with E-state index in [4.69, 9.17) is 9.97 Å². The number of fused-ring (bicyclic) bond motifs is 1. The molecule has 0 radical (unpaired) electrons. The van der Waals surface area contributed by atoms with E-state index in [0.29, 0.717) is 18.0 Å². The van der Waals surface area contributed by atoms with Gasteiger partial charge in [0.25, 0.3) is 0 Å². The summed E-state index contributed by atoms with van der Waals surface area (Å²) in [5.41, 5.74) is 3.02. The average molecular weight is 433 g/mol. The lowest BCUT2D eigenvalue weighted by Gasteiger charge is -2.30. The summed E-state index contributed by atoms with van der Waals surface area (Å²) < 4.78 is 0. The normalized spacial score (nSPS) is 18.3. The monoisotopic (exact) mass is 432 g/mol. The number of benzene rings is 2. The molecule has 0 unspecified atom stereocenters. The van der Waals surface area contributed by atoms with E-state index in [-0.39, 0.29) is 5.91 Å². The molecule has 1 aromatic heterocycles. The van der Waals surface area contributed by atoms with E-state index in [9.17, 15) is 4.79 Å². The van der Waals surface area contributed by atoms with E-state index in [1.54, 1.807) is 0 Å². The molecule has 1 amide bonds. The van der Waals surface area contributed by atoms with Crippen molar-refractivity contribution in [2.45, 2.75) is 51.2 Å². The average Bonchev–Trinajstić information content (AvgIpc) is 2.78. The first-order valence-electron chi connectivity index (χ1n) is 11.3. The van der Waals surface area contributed by atoms with Crippen LogP contribution in [0.1, 0.15) is 38.2 Å². The van der Waals surface area contributed by atoms with E-state index < -0.39 is 0 Å². The first kappa shape index (κ1) is 22.0. The van der Waals surface area contributed by atoms with Crippen LogP contribution >= 0.6 is 0 Å². The minimum atomic E-state index is -0.0479. The molecule has 168 valence electrons. The maximum absolute atomic E-state index is 11.1. The van der Waals surface area contributed by atoms with Crippen LogP contribution in [0, 0.1) is 0 Å². The van der Waals surface area contributed by atoms with Crippen LogP contribution in [-0.2, 0) is 11.3 Å². The second-order valence-electron chi connectivity index (χ2n) is 8.73. The van der Waals surface area contributed by atoms with Crippen molar-refractivity contribution in [2.24, 2.45) is 0 Å². The lowest BCUT2D eigenvalue weighted by atomic mass is 9.91. The van der Waals surface area contributed by atoms with Crippen LogP contribution in [0.3, 0.4) is 0 Å². The third-order valence-electron chi connectivity index (χ3n) is 5.94. The Morgan fingerprint density at radius 2 is 1.66 bits per heavy atom. The Hall–Kier alpha value is -3.19. The number of anilines is 3. The maximum atomic E-state index is 11.1. The van der Waals surface area contributed by atoms with Crippen molar-refractivity contribution < 1.29 is 4.79 Å². The van der Waals surface area contributed by atoms with Crippen LogP contribution in [0.15, 0.2) is 48.5 Å². The summed E-state index contributed by atoms with van der Waals surface area (Å²) in [6.07, 6.45) is 4.42. The Morgan fingerprint density at radius 1 is 0.969 bits per heavy atom. The highest BCUT2D eigenvalue weighted by atomic mass is 16.1. The molecule has 1 saturated carbocycles. The van der Waals surface area contributed by atoms with Crippen molar-refractivity contribution in [1.82, 2.24) is 15.3 Å². The topological polar surface area (TPSA) is 82.2 Å². The number of carbonyl (C=O) groups is 1. The standard InChI is InChI=1S/C25H32N6O/c1-17(32)27-20-10-8-18(9-11-20)16-26-19-12-14-21(15-13-19)28-25-29-23-7-5-4-6-22(23)24(30-25)31(2)3/h4-11,19,21,26H,12-16H2,1-3H3,(H,27,32)(H,28,29,30)/t19-,21+. The van der Waals surface area contributed by atoms with Crippen LogP contribution in [0.25, 0.3) is 10.9 Å². The van der Waals surface area contributed by atoms with Crippen molar-refractivity contribution in [1.29, 1.82) is 0 Å². The Morgan fingerprint density at radius 3 is 2.34 bits per heavy atom. The highest BCUT2D eigenvalue weighted by Gasteiger charge is 2.22. The van der Waals surface area contributed by atoms with Gasteiger partial charge in [-0.1, -0.05) is 24.3 Å². The Bertz CT molecular complexity index is 1060. The van der Waals surface area contributed by atoms with Gasteiger partial charge >= 0.3 is 0 Å². The lowest BCUT2D eigenvalue weighted by Crippen LogP contribution is -2.37. The van der Waals surface area contributed by atoms with Crippen molar-refractivity contribution in [3.8, 4) is 0 Å². The van der Waals surface area contributed by atoms with Crippen molar-refractivity contribution in [3.63, 3.8) is 0 Å². The van der Waals surface area contributed by atoms with Crippen molar-refractivity contribution in [2.75, 3.05) is 29.6 Å². The number of rotatable bonds is 7. The van der Waals surface area contributed by atoms with Gasteiger partial charge in [-0.15, -0.1) is 0 Å². The highest BCUT2D eigenvalue weighted by molar-refractivity contribution is 5.90. The van der Waals surface area contributed by atoms with Crippen LogP contribution in [-0.4, -0.2) is 42.1 Å². The molecule has 2 aromatic carbocycles. The first-order chi connectivity index (χ1) is 15.5. The number of carbonyl (C=O) groups excluding carboxylic acids is 1. The van der Waals surface area contributed by atoms with Gasteiger partial charge in [-0.05, 0) is 55.5 Å². The fourth-order valence-electron chi connectivity index (χ4n) is 4.26. The Labute approximate surface area is 189 Å². The third-order valence-corrected chi connectivity index (χ3v) is 5.94. The number of amides is 1. The fraction of sp³-hybridized carbons (Fsp3) is 0.400. The molecule has 0 saturated heterocycles. The fourth-order valence-corrected chi connectivity index (χ4v) is 4.26. The molecule has 1 fully saturated rings. The first-order valence-corrected chi connectivity index (χ1v) is 11.3. The van der Waals surface area contributed by atoms with Gasteiger partial charge in [0.05, 0.1) is 5.52 Å². The van der Waals surface area contributed by atoms with Crippen LogP contribution in [0.5, 0.6) is 0 Å². The summed E-state index contributed by atoms with van der Waals surface area (Å²) >= 11 is 0. The van der Waals surface area contributed by atoms with Gasteiger partial charge in [0.15, 0.2) is 0 Å². The third kappa shape index (κ3) is 5.53. The van der Waals surface area contributed by atoms with Gasteiger partial charge in [0.2, 0.25) is 11.9 Å². The molecule has 7 heteroatoms. The molecular formula is C25H32N6O. The van der Waals surface area contributed by atoms with E-state index in [2.05, 4.69) is 34.1 Å². The molecule has 0 bridgehead atoms. The number of aromatic nitrogens is 2. The van der Waals surface area contributed by atoms with E-state index in [1.807, 2.05) is 49.3 Å². The summed E-state index contributed by atoms with van der Waals surface area (Å²) in [5.74, 6) is 1.61. The molecule has 3 aromatic rings. The molecule has 1 heterocycles. The van der Waals surface area contributed by atoms with Gasteiger partial charge in [0, 0.05) is 50.7 Å². The van der Waals surface area contributed by atoms with Crippen LogP contribution in [0.2, 0.25) is 0 Å². The van der Waals surface area contributed by atoms with Crippen molar-refractivity contribution in [3.05, 3.63) is 54.1 Å². The minimum Gasteiger partial charge on any atom is -0.362 e. The summed E-state index contributed by atoms with van der Waals surface area (Å²) in [6.45, 7) is 2.36. The number of hydrogen-bond acceptors (Lipinski definition) is 6. The van der Waals surface area contributed by atoms with E-state index in [0.717, 1.165) is 54.6 Å². The zero-order chi connectivity index (χ0) is 22.5. The Kier molecular flexibility index (Phi) is 6.85. The second kappa shape index (κ2) is 9.96. The maximum Gasteiger partial charge on any atom is 0.225 e. The molecule has 3 N–H and O–H groups in total. The predicted molar refractivity (Wildman–Crippen MR) is 131 cm³/mol. The second-order valence-corrected chi connectivity index (χ2v) is 8.73. The molecule has 4 rings (SSSR count). The van der Waals surface area contributed by atoms with Crippen LogP contribution in [0.4, 0.5) is 17.5 Å². The van der Waals surface area contributed by atoms with Gasteiger partial charge in [-0.25, -0.2) is 4.98 Å². The lowest BCUT2D eigenvalue weighted by molar-refractivity contribution is -0.114. The summed E-state index contributed by atoms with van der Waals surface area (Å²) in [4.78, 5) is 22.7. The quantitative estimate of drug-likeness (QED) is 0.520. The van der Waals surface area contributed by atoms with Crippen molar-refractivity contribution >= 4 is 34.3 Å². The molecule has 1 aliphatic carbocycles. The van der Waals surface area contributed by atoms with Crippen LogP contribution < -0.4 is 20.9 Å². The van der Waals surface area contributed by atoms with Gasteiger partial charge in [-0.2, -0.15) is 4.98 Å². The molecule has 0 atom stereocenters. The van der Waals surface area contributed by atoms with Gasteiger partial charge in [-0.3, -0.25) is 4.79 Å². The zero-order valence-electron chi connectivity index (χ0n) is 19.1. The minimum absolute atomic E-state index is 0.0479. The largest absolute Gasteiger partial charge is 0.362 e. The van der Waals surface area contributed by atoms with Gasteiger partial charge in [0.1, 0.15) is 5.82 Å². The van der Waals surface area contributed by atoms with E-state index >= 15 is 0 Å². The molecule has 0 spiro atoms. The van der Waals surface area contributed by atoms with Gasteiger partial charge < -0.3 is 20.9 Å². The molecule has 7 nitrogen and oxygen atoms in total. The number of nitrogens with one attached hydrogen (secondary N) is 3. The smallest absolute Gasteiger partial charge is 0.225 e. The molecular weight excluding hydrogens is 400 g/mol. The molecule has 1 aliphatic rings. The molecule has 0 aliphatic heterocycles. The van der Waals surface area contributed by atoms with E-state index in [1.165, 1.54) is 12.5 Å². The number of hydrogen-bond donors (Lipinski definition) is 3. The number of para-hydroxylation sites is 1. The summed E-state index contributed by atoms with van der Waals surface area (Å²) in [7, 11) is 4.03. The zero-order valence-corrected chi connectivity index (χ0v) is 19.1. The number of nitrogens with zero attached hydrogens (tertiary/aromatic N) is 3. The highest BCUT2D eigenvalue weighted by Crippen LogP contribution is 2.26.